The monoisotopic (exact) mass is 422 g/mol. The number of rotatable bonds is 6. The normalized spacial score (nSPS) is 14.0. The number of pyridine rings is 1. The Morgan fingerprint density at radius 2 is 1.74 bits per heavy atom. The van der Waals surface area contributed by atoms with Crippen molar-refractivity contribution in [3.8, 4) is 0 Å². The van der Waals surface area contributed by atoms with E-state index in [1.54, 1.807) is 24.5 Å². The van der Waals surface area contributed by atoms with Crippen molar-refractivity contribution in [2.75, 3.05) is 31.2 Å². The van der Waals surface area contributed by atoms with Gasteiger partial charge in [0.05, 0.1) is 18.9 Å². The lowest BCUT2D eigenvalue weighted by molar-refractivity contribution is 0.0941. The molecule has 1 N–H and O–H groups in total. The number of anilines is 1. The molecule has 2 aromatic heterocycles. The molecule has 162 valence electrons. The third-order valence-corrected chi connectivity index (χ3v) is 5.73. The van der Waals surface area contributed by atoms with Crippen LogP contribution in [-0.2, 0) is 17.8 Å². The van der Waals surface area contributed by atoms with Gasteiger partial charge in [-0.3, -0.25) is 9.78 Å². The van der Waals surface area contributed by atoms with Crippen molar-refractivity contribution in [1.29, 1.82) is 0 Å². The molecule has 1 saturated heterocycles. The summed E-state index contributed by atoms with van der Waals surface area (Å²) in [7, 11) is 0. The number of amides is 1. The lowest BCUT2D eigenvalue weighted by Gasteiger charge is -2.29. The fraction of sp³-hybridized carbons (Fsp3) is 0.333. The first-order chi connectivity index (χ1) is 15.0. The van der Waals surface area contributed by atoms with E-state index in [9.17, 15) is 9.18 Å². The smallest absolute Gasteiger partial charge is 0.268 e. The molecule has 1 aliphatic heterocycles. The molecule has 0 saturated carbocycles. The zero-order valence-corrected chi connectivity index (χ0v) is 17.9. The van der Waals surface area contributed by atoms with Crippen LogP contribution in [0.15, 0.2) is 48.8 Å². The molecule has 0 spiro atoms. The highest BCUT2D eigenvalue weighted by molar-refractivity contribution is 5.96. The van der Waals surface area contributed by atoms with Gasteiger partial charge < -0.3 is 19.5 Å². The van der Waals surface area contributed by atoms with Crippen LogP contribution in [0.5, 0.6) is 0 Å². The number of aromatic nitrogens is 2. The van der Waals surface area contributed by atoms with E-state index in [0.29, 0.717) is 32.0 Å². The highest BCUT2D eigenvalue weighted by atomic mass is 19.1. The second-order valence-corrected chi connectivity index (χ2v) is 7.76. The van der Waals surface area contributed by atoms with Crippen molar-refractivity contribution in [2.45, 2.75) is 26.9 Å². The minimum absolute atomic E-state index is 0.126. The molecule has 0 aliphatic carbocycles. The lowest BCUT2D eigenvalue weighted by Crippen LogP contribution is -2.36. The molecule has 7 heteroatoms. The SMILES string of the molecule is Cc1c(N2CCOCC2)c(C)n(Cc2ccc(F)cc2)c1C(=O)NCc1ccncc1. The van der Waals surface area contributed by atoms with Gasteiger partial charge in [0.1, 0.15) is 11.5 Å². The van der Waals surface area contributed by atoms with Crippen molar-refractivity contribution in [3.63, 3.8) is 0 Å². The van der Waals surface area contributed by atoms with Crippen molar-refractivity contribution >= 4 is 11.6 Å². The Hall–Kier alpha value is -3.19. The van der Waals surface area contributed by atoms with E-state index >= 15 is 0 Å². The van der Waals surface area contributed by atoms with Gasteiger partial charge in [0.15, 0.2) is 0 Å². The van der Waals surface area contributed by atoms with Crippen molar-refractivity contribution in [2.24, 2.45) is 0 Å². The lowest BCUT2D eigenvalue weighted by atomic mass is 10.1. The number of nitrogens with one attached hydrogen (secondary N) is 1. The van der Waals surface area contributed by atoms with E-state index in [0.717, 1.165) is 41.2 Å². The van der Waals surface area contributed by atoms with Gasteiger partial charge in [-0.2, -0.15) is 0 Å². The first kappa shape index (κ1) is 21.1. The number of carbonyl (C=O) groups is 1. The molecule has 31 heavy (non-hydrogen) atoms. The fourth-order valence-electron chi connectivity index (χ4n) is 4.16. The maximum atomic E-state index is 13.4. The molecule has 0 unspecified atom stereocenters. The van der Waals surface area contributed by atoms with E-state index in [1.807, 2.05) is 30.5 Å². The van der Waals surface area contributed by atoms with Gasteiger partial charge in [0.2, 0.25) is 0 Å². The second-order valence-electron chi connectivity index (χ2n) is 7.76. The fourth-order valence-corrected chi connectivity index (χ4v) is 4.16. The third-order valence-electron chi connectivity index (χ3n) is 5.73. The average molecular weight is 423 g/mol. The van der Waals surface area contributed by atoms with Crippen molar-refractivity contribution in [3.05, 3.63) is 82.7 Å². The average Bonchev–Trinajstić information content (AvgIpc) is 3.04. The van der Waals surface area contributed by atoms with Crippen LogP contribution in [0.25, 0.3) is 0 Å². The summed E-state index contributed by atoms with van der Waals surface area (Å²) < 4.78 is 20.9. The number of morpholine rings is 1. The summed E-state index contributed by atoms with van der Waals surface area (Å²) in [5, 5.41) is 3.04. The molecule has 0 radical (unpaired) electrons. The van der Waals surface area contributed by atoms with E-state index in [4.69, 9.17) is 4.74 Å². The zero-order chi connectivity index (χ0) is 21.8. The van der Waals surface area contributed by atoms with Gasteiger partial charge in [-0.15, -0.1) is 0 Å². The topological polar surface area (TPSA) is 59.4 Å². The summed E-state index contributed by atoms with van der Waals surface area (Å²) in [6.45, 7) is 7.89. The van der Waals surface area contributed by atoms with Crippen LogP contribution in [0.4, 0.5) is 10.1 Å². The molecule has 6 nitrogen and oxygen atoms in total. The van der Waals surface area contributed by atoms with Crippen molar-refractivity contribution in [1.82, 2.24) is 14.9 Å². The van der Waals surface area contributed by atoms with Gasteiger partial charge in [-0.25, -0.2) is 4.39 Å². The maximum absolute atomic E-state index is 13.4. The summed E-state index contributed by atoms with van der Waals surface area (Å²) in [6.07, 6.45) is 3.43. The van der Waals surface area contributed by atoms with Crippen LogP contribution in [-0.4, -0.2) is 41.8 Å². The Morgan fingerprint density at radius 3 is 2.42 bits per heavy atom. The minimum Gasteiger partial charge on any atom is -0.378 e. The van der Waals surface area contributed by atoms with Crippen LogP contribution in [0, 0.1) is 19.7 Å². The van der Waals surface area contributed by atoms with Crippen LogP contribution in [0.1, 0.15) is 32.9 Å². The first-order valence-electron chi connectivity index (χ1n) is 10.5. The molecule has 1 amide bonds. The number of carbonyl (C=O) groups excluding carboxylic acids is 1. The number of ether oxygens (including phenoxy) is 1. The molecule has 3 aromatic rings. The zero-order valence-electron chi connectivity index (χ0n) is 17.9. The van der Waals surface area contributed by atoms with E-state index in [2.05, 4.69) is 15.2 Å². The summed E-state index contributed by atoms with van der Waals surface area (Å²) in [6, 6.07) is 10.2. The summed E-state index contributed by atoms with van der Waals surface area (Å²) >= 11 is 0. The number of hydrogen-bond acceptors (Lipinski definition) is 4. The van der Waals surface area contributed by atoms with Crippen LogP contribution in [0.2, 0.25) is 0 Å². The molecule has 1 aliphatic rings. The van der Waals surface area contributed by atoms with Gasteiger partial charge in [0, 0.05) is 49.8 Å². The number of nitrogens with zero attached hydrogens (tertiary/aromatic N) is 3. The molecule has 1 aromatic carbocycles. The predicted octanol–water partition coefficient (Wildman–Crippen LogP) is 3.45. The molecule has 0 bridgehead atoms. The van der Waals surface area contributed by atoms with E-state index < -0.39 is 0 Å². The molecule has 4 rings (SSSR count). The van der Waals surface area contributed by atoms with Crippen molar-refractivity contribution < 1.29 is 13.9 Å². The van der Waals surface area contributed by atoms with Gasteiger partial charge >= 0.3 is 0 Å². The quantitative estimate of drug-likeness (QED) is 0.661. The summed E-state index contributed by atoms with van der Waals surface area (Å²) in [4.78, 5) is 19.6. The Kier molecular flexibility index (Phi) is 6.32. The van der Waals surface area contributed by atoms with Gasteiger partial charge in [-0.1, -0.05) is 12.1 Å². The van der Waals surface area contributed by atoms with Crippen LogP contribution < -0.4 is 10.2 Å². The largest absolute Gasteiger partial charge is 0.378 e. The summed E-state index contributed by atoms with van der Waals surface area (Å²) in [5.74, 6) is -0.396. The molecular formula is C24H27FN4O2. The molecule has 3 heterocycles. The first-order valence-corrected chi connectivity index (χ1v) is 10.5. The molecule has 1 fully saturated rings. The second kappa shape index (κ2) is 9.31. The minimum atomic E-state index is -0.270. The number of benzene rings is 1. The Bertz CT molecular complexity index is 1040. The van der Waals surface area contributed by atoms with Crippen LogP contribution >= 0.6 is 0 Å². The Morgan fingerprint density at radius 1 is 1.06 bits per heavy atom. The van der Waals surface area contributed by atoms with E-state index in [-0.39, 0.29) is 11.7 Å². The highest BCUT2D eigenvalue weighted by Gasteiger charge is 2.26. The Balaban J connectivity index is 1.68. The molecule has 0 atom stereocenters. The Labute approximate surface area is 181 Å². The molecular weight excluding hydrogens is 395 g/mol. The van der Waals surface area contributed by atoms with E-state index in [1.165, 1.54) is 12.1 Å². The number of hydrogen-bond donors (Lipinski definition) is 1. The summed E-state index contributed by atoms with van der Waals surface area (Å²) in [5.41, 5.74) is 5.63. The van der Waals surface area contributed by atoms with Gasteiger partial charge in [0.25, 0.3) is 5.91 Å². The third kappa shape index (κ3) is 4.61. The van der Waals surface area contributed by atoms with Gasteiger partial charge in [-0.05, 0) is 49.2 Å². The van der Waals surface area contributed by atoms with Crippen LogP contribution in [0.3, 0.4) is 0 Å². The highest BCUT2D eigenvalue weighted by Crippen LogP contribution is 2.32. The standard InChI is InChI=1S/C24H27FN4O2/c1-17-22(28-11-13-31-14-12-28)18(2)29(16-20-3-5-21(25)6-4-20)23(17)24(30)27-15-19-7-9-26-10-8-19/h3-10H,11-16H2,1-2H3,(H,27,30). The maximum Gasteiger partial charge on any atom is 0.268 e. The number of halogens is 1. The predicted molar refractivity (Wildman–Crippen MR) is 118 cm³/mol.